The summed E-state index contributed by atoms with van der Waals surface area (Å²) in [6.07, 6.45) is 2.30. The zero-order valence-electron chi connectivity index (χ0n) is 49.3. The van der Waals surface area contributed by atoms with Crippen molar-refractivity contribution in [2.24, 2.45) is 0 Å². The zero-order valence-corrected chi connectivity index (χ0v) is 54.9. The Morgan fingerprint density at radius 1 is 0.375 bits per heavy atom. The van der Waals surface area contributed by atoms with Crippen molar-refractivity contribution in [1.29, 1.82) is 0 Å². The molecule has 26 nitrogen and oxygen atoms in total. The second-order valence-electron chi connectivity index (χ2n) is 20.1. The molecule has 0 spiro atoms. The van der Waals surface area contributed by atoms with E-state index in [1.54, 1.807) is 0 Å². The van der Waals surface area contributed by atoms with Crippen LogP contribution in [0.2, 0.25) is 0 Å². The van der Waals surface area contributed by atoms with Crippen LogP contribution in [0, 0.1) is 27.7 Å². The first-order chi connectivity index (χ1) is 40.5. The Kier molecular flexibility index (Phi) is 30.3. The number of benzene rings is 4. The van der Waals surface area contributed by atoms with Gasteiger partial charge in [0.2, 0.25) is 0 Å². The number of amides is 8. The van der Waals surface area contributed by atoms with Gasteiger partial charge in [0.1, 0.15) is 30.7 Å². The smallest absolute Gasteiger partial charge is 0.747 e. The van der Waals surface area contributed by atoms with Crippen LogP contribution < -0.4 is 59.1 Å². The largest absolute Gasteiger partial charge is 1.00 e. The predicted molar refractivity (Wildman–Crippen MR) is 294 cm³/mol. The van der Waals surface area contributed by atoms with E-state index < -0.39 is 115 Å². The topological polar surface area (TPSA) is 369 Å². The first kappa shape index (κ1) is 75.4. The maximum Gasteiger partial charge on any atom is 1.00 e. The van der Waals surface area contributed by atoms with Crippen LogP contribution in [0.5, 0.6) is 0 Å². The summed E-state index contributed by atoms with van der Waals surface area (Å²) in [7, 11) is -9.93. The molecule has 30 heteroatoms. The van der Waals surface area contributed by atoms with Crippen LogP contribution in [0.1, 0.15) is 122 Å². The fraction of sp³-hybridized carbons (Fsp3) is 0.379. The van der Waals surface area contributed by atoms with Gasteiger partial charge in [0.25, 0.3) is 47.3 Å². The van der Waals surface area contributed by atoms with Crippen LogP contribution >= 0.6 is 0 Å². The molecule has 0 N–H and O–H groups in total. The van der Waals surface area contributed by atoms with Crippen LogP contribution in [0.4, 0.5) is 0 Å². The van der Waals surface area contributed by atoms with Gasteiger partial charge in [-0.05, 0) is 88.5 Å². The van der Waals surface area contributed by atoms with E-state index in [4.69, 9.17) is 9.68 Å². The predicted octanol–water partition coefficient (Wildman–Crippen LogP) is -2.03. The molecule has 0 saturated carbocycles. The maximum atomic E-state index is 11.7. The van der Waals surface area contributed by atoms with Crippen LogP contribution in [0.3, 0.4) is 0 Å². The van der Waals surface area contributed by atoms with E-state index in [0.717, 1.165) is 45.4 Å². The molecule has 0 radical (unpaired) electrons. The molecule has 460 valence electrons. The van der Waals surface area contributed by atoms with E-state index in [1.807, 2.05) is 125 Å². The van der Waals surface area contributed by atoms with Gasteiger partial charge in [0.15, 0.2) is 0 Å². The molecular weight excluding hydrogens is 1210 g/mol. The molecule has 0 aromatic heterocycles. The molecule has 4 heterocycles. The Bertz CT molecular complexity index is 3410. The summed E-state index contributed by atoms with van der Waals surface area (Å²) >= 11 is 0. The van der Waals surface area contributed by atoms with E-state index in [1.165, 1.54) is 5.56 Å². The molecule has 2 atom stereocenters. The molecule has 8 rings (SSSR count). The number of aryl methyl sites for hydroxylation is 8. The minimum absolute atomic E-state index is 0. The van der Waals surface area contributed by atoms with Crippen molar-refractivity contribution in [3.8, 4) is 0 Å². The van der Waals surface area contributed by atoms with Gasteiger partial charge in [-0.2, -0.15) is 0 Å². The molecule has 0 aliphatic carbocycles. The molecule has 4 aromatic carbocycles. The van der Waals surface area contributed by atoms with Gasteiger partial charge in [-0.3, -0.25) is 38.4 Å². The fourth-order valence-electron chi connectivity index (χ4n) is 8.10. The molecule has 4 aliphatic rings. The summed E-state index contributed by atoms with van der Waals surface area (Å²) in [6.45, 7) is 7.89. The number of nitrogens with zero attached hydrogens (tertiary/aromatic N) is 4. The molecule has 2 unspecified atom stereocenters. The first-order valence-electron chi connectivity index (χ1n) is 26.9. The van der Waals surface area contributed by atoms with Crippen molar-refractivity contribution in [1.82, 2.24) is 20.3 Å². The van der Waals surface area contributed by atoms with Crippen LogP contribution in [0.25, 0.3) is 0 Å². The normalized spacial score (nSPS) is 16.3. The van der Waals surface area contributed by atoms with Crippen molar-refractivity contribution in [3.05, 3.63) is 142 Å². The van der Waals surface area contributed by atoms with Crippen LogP contribution in [0.15, 0.2) is 97.1 Å². The van der Waals surface area contributed by atoms with Gasteiger partial charge in [-0.15, -0.1) is 20.3 Å². The summed E-state index contributed by atoms with van der Waals surface area (Å²) < 4.78 is 65.2. The number of carbonyl (C=O) groups excluding carboxylic acids is 12. The minimum atomic E-state index is -4.97. The monoisotopic (exact) mass is 1280 g/mol. The third kappa shape index (κ3) is 24.3. The summed E-state index contributed by atoms with van der Waals surface area (Å²) in [6, 6.07) is 31.0. The number of imide groups is 4. The van der Waals surface area contributed by atoms with Gasteiger partial charge < -0.3 is 28.5 Å². The number of hydrogen-bond acceptors (Lipinski definition) is 22. The van der Waals surface area contributed by atoms with E-state index in [0.29, 0.717) is 42.2 Å². The minimum Gasteiger partial charge on any atom is -0.747 e. The number of hydroxylamine groups is 8. The Labute approximate surface area is 551 Å². The SMILES string of the molecule is Cc1ccc(CCC(=O)ON2C(=O)CC(S(=O)(=O)[O-])C2=O)cc1.Cc1ccc(CCC(=O)ON2C(=O)CCC2=O)cc1.Cc1ccc(CCCC(=O)ON2C(=O)CC(S(=O)(=O)[O-])C2=O)cc1.Cc1ccc(CCCC(=O)ON2C(=O)CCC2=O)cc1.[Na+].[Na+]. The Morgan fingerprint density at radius 2 is 0.602 bits per heavy atom. The third-order valence-corrected chi connectivity index (χ3v) is 15.1. The molecule has 88 heavy (non-hydrogen) atoms. The van der Waals surface area contributed by atoms with E-state index >= 15 is 0 Å². The molecule has 4 aliphatic heterocycles. The van der Waals surface area contributed by atoms with E-state index in [9.17, 15) is 83.5 Å². The van der Waals surface area contributed by atoms with Crippen LogP contribution in [-0.2, 0) is 123 Å². The Morgan fingerprint density at radius 3 is 0.841 bits per heavy atom. The second-order valence-corrected chi connectivity index (χ2v) is 23.2. The zero-order chi connectivity index (χ0) is 63.5. The standard InChI is InChI=1S/C15H17NO7S.C15H17NO4.C14H15NO7S.C14H15NO4.2Na/c1-10-5-7-11(8-6-10)3-2-4-14(18)23-16-13(17)9-12(15(16)19)24(20,21)22;1-11-5-7-12(8-6-11)3-2-4-15(19)20-16-13(17)9-10-14(16)18;1-9-2-4-10(5-3-9)6-7-13(17)22-15-12(16)8-11(14(15)18)23(19,20)21;1-10-2-4-11(5-3-10)6-9-14(18)19-15-12(16)7-8-13(15)17;;/h5-8,12H,2-4,9H2,1H3,(H,20,21,22);5-8H,2-4,9-10H2,1H3;2-5,11H,6-8H2,1H3,(H,19,20,21);2-5H,6-9H2,1H3;;/q;;;;2*+1/p-2. The number of hydrogen-bond donors (Lipinski definition) is 0. The third-order valence-electron chi connectivity index (χ3n) is 13.0. The quantitative estimate of drug-likeness (QED) is 0.0523. The second kappa shape index (κ2) is 35.4. The van der Waals surface area contributed by atoms with E-state index in [-0.39, 0.29) is 121 Å². The van der Waals surface area contributed by atoms with Crippen molar-refractivity contribution in [2.45, 2.75) is 141 Å². The van der Waals surface area contributed by atoms with E-state index in [2.05, 4.69) is 9.68 Å². The molecule has 8 amide bonds. The van der Waals surface area contributed by atoms with Gasteiger partial charge in [-0.1, -0.05) is 119 Å². The molecule has 0 bridgehead atoms. The molecular formula is C58H62N4Na2O22S2. The number of carbonyl (C=O) groups is 12. The van der Waals surface area contributed by atoms with Gasteiger partial charge in [0.05, 0.1) is 25.7 Å². The van der Waals surface area contributed by atoms with Crippen molar-refractivity contribution >= 4 is 91.4 Å². The van der Waals surface area contributed by atoms with Gasteiger partial charge in [-0.25, -0.2) is 36.0 Å². The summed E-state index contributed by atoms with van der Waals surface area (Å²) in [5.74, 6) is -9.28. The molecule has 4 aromatic rings. The molecule has 4 saturated heterocycles. The average molecular weight is 1280 g/mol. The fourth-order valence-corrected chi connectivity index (χ4v) is 9.48. The Balaban J connectivity index is 0.000000306. The summed E-state index contributed by atoms with van der Waals surface area (Å²) in [5.41, 5.74) is 8.59. The van der Waals surface area contributed by atoms with Crippen LogP contribution in [-0.4, -0.2) is 128 Å². The first-order valence-corrected chi connectivity index (χ1v) is 29.8. The average Bonchev–Trinajstić information content (AvgIpc) is 1.85. The van der Waals surface area contributed by atoms with Crippen molar-refractivity contribution in [2.75, 3.05) is 0 Å². The van der Waals surface area contributed by atoms with Crippen molar-refractivity contribution in [3.63, 3.8) is 0 Å². The number of rotatable bonds is 20. The Hall–Kier alpha value is -6.86. The maximum absolute atomic E-state index is 11.7. The van der Waals surface area contributed by atoms with Gasteiger partial charge >= 0.3 is 83.0 Å². The summed E-state index contributed by atoms with van der Waals surface area (Å²) in [5, 5.41) is -2.73. The van der Waals surface area contributed by atoms with Gasteiger partial charge in [0, 0.05) is 38.5 Å². The van der Waals surface area contributed by atoms with Crippen molar-refractivity contribution < 1.29 is 162 Å². The molecule has 4 fully saturated rings. The summed E-state index contributed by atoms with van der Waals surface area (Å²) in [4.78, 5) is 157.